The van der Waals surface area contributed by atoms with Crippen molar-refractivity contribution in [3.63, 3.8) is 0 Å². The van der Waals surface area contributed by atoms with Gasteiger partial charge in [0.05, 0.1) is 19.8 Å². The minimum atomic E-state index is -0.913. The Balaban J connectivity index is 3.07. The average Bonchev–Trinajstić information content (AvgIpc) is 2.88. The van der Waals surface area contributed by atoms with E-state index in [0.717, 1.165) is 62.2 Å². The molecular weight excluding hydrogens is 547 g/mol. The predicted octanol–water partition coefficient (Wildman–Crippen LogP) is 10.0. The molecule has 0 radical (unpaired) electrons. The van der Waals surface area contributed by atoms with Gasteiger partial charge in [-0.05, 0) is 49.7 Å². The van der Waals surface area contributed by atoms with Crippen LogP contribution >= 0.6 is 22.6 Å². The molecule has 204 valence electrons. The van der Waals surface area contributed by atoms with Gasteiger partial charge in [-0.15, -0.1) is 0 Å². The monoisotopic (exact) mass is 602 g/mol. The molecule has 0 amide bonds. The summed E-state index contributed by atoms with van der Waals surface area (Å²) in [7, 11) is 0. The molecule has 0 aromatic heterocycles. The number of rotatable bonds is 24. The van der Waals surface area contributed by atoms with Crippen LogP contribution in [-0.4, -0.2) is 25.8 Å². The fourth-order valence-corrected chi connectivity index (χ4v) is 4.91. The van der Waals surface area contributed by atoms with E-state index < -0.39 is 5.97 Å². The molecule has 0 spiro atoms. The van der Waals surface area contributed by atoms with Crippen LogP contribution in [0.5, 0.6) is 0 Å². The van der Waals surface area contributed by atoms with Crippen molar-refractivity contribution in [2.75, 3.05) is 19.8 Å². The van der Waals surface area contributed by atoms with E-state index in [4.69, 9.17) is 14.2 Å². The Labute approximate surface area is 231 Å². The van der Waals surface area contributed by atoms with Crippen molar-refractivity contribution in [1.82, 2.24) is 0 Å². The van der Waals surface area contributed by atoms with Crippen LogP contribution in [0.2, 0.25) is 0 Å². The first-order valence-electron chi connectivity index (χ1n) is 14.7. The highest BCUT2D eigenvalue weighted by Crippen LogP contribution is 2.35. The second-order valence-corrected chi connectivity index (χ2v) is 10.7. The molecule has 3 nitrogen and oxygen atoms in total. The maximum Gasteiger partial charge on any atom is 0.285 e. The first-order valence-corrected chi connectivity index (χ1v) is 16.2. The highest BCUT2D eigenvalue weighted by Gasteiger charge is 2.42. The highest BCUT2D eigenvalue weighted by molar-refractivity contribution is 14.1. The number of halogens is 1. The molecule has 0 fully saturated rings. The number of benzene rings is 1. The van der Waals surface area contributed by atoms with Crippen molar-refractivity contribution in [1.29, 1.82) is 0 Å². The van der Waals surface area contributed by atoms with Crippen LogP contribution in [0.3, 0.4) is 0 Å². The third kappa shape index (κ3) is 14.4. The summed E-state index contributed by atoms with van der Waals surface area (Å²) >= 11 is 2.45. The largest absolute Gasteiger partial charge is 0.327 e. The van der Waals surface area contributed by atoms with Gasteiger partial charge in [0.25, 0.3) is 5.97 Å². The zero-order valence-electron chi connectivity index (χ0n) is 23.4. The first kappa shape index (κ1) is 32.9. The van der Waals surface area contributed by atoms with E-state index in [9.17, 15) is 0 Å². The molecule has 0 saturated carbocycles. The van der Waals surface area contributed by atoms with Crippen molar-refractivity contribution in [3.8, 4) is 0 Å². The van der Waals surface area contributed by atoms with Crippen LogP contribution in [-0.2, 0) is 25.1 Å². The van der Waals surface area contributed by atoms with Crippen molar-refractivity contribution in [3.05, 3.63) is 35.4 Å². The summed E-state index contributed by atoms with van der Waals surface area (Å²) in [6, 6.07) is 9.06. The second kappa shape index (κ2) is 21.9. The van der Waals surface area contributed by atoms with Crippen LogP contribution < -0.4 is 0 Å². The van der Waals surface area contributed by atoms with E-state index in [0.29, 0.717) is 19.8 Å². The van der Waals surface area contributed by atoms with Crippen molar-refractivity contribution in [2.45, 2.75) is 134 Å². The maximum atomic E-state index is 6.61. The Morgan fingerprint density at radius 2 is 1.17 bits per heavy atom. The van der Waals surface area contributed by atoms with Gasteiger partial charge >= 0.3 is 0 Å². The molecule has 4 heteroatoms. The SMILES string of the molecule is CCCCCCCCC(CCc1cccc(CI)c1)C(OCCCC)(OCCCC)OCCCC. The van der Waals surface area contributed by atoms with E-state index in [1.807, 2.05) is 0 Å². The molecule has 0 aliphatic carbocycles. The van der Waals surface area contributed by atoms with Gasteiger partial charge in [-0.3, -0.25) is 0 Å². The number of unbranched alkanes of at least 4 members (excludes halogenated alkanes) is 8. The standard InChI is InChI=1S/C31H55IO3/c1-5-9-13-14-15-16-20-30(22-21-28-18-17-19-29(26-28)27-32)31(33-23-10-6-2,34-24-11-7-3)35-25-12-8-4/h17-19,26,30H,5-16,20-25,27H2,1-4H3. The summed E-state index contributed by atoms with van der Waals surface area (Å²) in [5.74, 6) is -0.674. The summed E-state index contributed by atoms with van der Waals surface area (Å²) in [6.45, 7) is 11.0. The minimum absolute atomic E-state index is 0.238. The van der Waals surface area contributed by atoms with Gasteiger partial charge in [0.1, 0.15) is 0 Å². The lowest BCUT2D eigenvalue weighted by molar-refractivity contribution is -0.407. The molecule has 0 heterocycles. The van der Waals surface area contributed by atoms with Crippen molar-refractivity contribution < 1.29 is 14.2 Å². The van der Waals surface area contributed by atoms with Crippen LogP contribution in [0, 0.1) is 5.92 Å². The molecule has 1 aromatic carbocycles. The quantitative estimate of drug-likeness (QED) is 0.0510. The Morgan fingerprint density at radius 3 is 1.71 bits per heavy atom. The van der Waals surface area contributed by atoms with E-state index in [1.165, 1.54) is 49.7 Å². The predicted molar refractivity (Wildman–Crippen MR) is 159 cm³/mol. The van der Waals surface area contributed by atoms with E-state index >= 15 is 0 Å². The number of aryl methyl sites for hydroxylation is 1. The van der Waals surface area contributed by atoms with Gasteiger partial charge in [0, 0.05) is 10.3 Å². The fourth-order valence-electron chi connectivity index (χ4n) is 4.43. The average molecular weight is 603 g/mol. The van der Waals surface area contributed by atoms with Crippen LogP contribution in [0.4, 0.5) is 0 Å². The van der Waals surface area contributed by atoms with Gasteiger partial charge < -0.3 is 14.2 Å². The summed E-state index contributed by atoms with van der Waals surface area (Å²) in [5, 5.41) is 0. The Kier molecular flexibility index (Phi) is 20.5. The lowest BCUT2D eigenvalue weighted by Gasteiger charge is -2.40. The zero-order valence-corrected chi connectivity index (χ0v) is 25.6. The zero-order chi connectivity index (χ0) is 25.6. The third-order valence-electron chi connectivity index (χ3n) is 6.74. The number of hydrogen-bond acceptors (Lipinski definition) is 3. The second-order valence-electron chi connectivity index (χ2n) is 9.96. The first-order chi connectivity index (χ1) is 17.2. The molecule has 0 bridgehead atoms. The molecule has 0 N–H and O–H groups in total. The lowest BCUT2D eigenvalue weighted by Crippen LogP contribution is -2.47. The molecule has 0 saturated heterocycles. The Hall–Kier alpha value is -0.170. The minimum Gasteiger partial charge on any atom is -0.327 e. The summed E-state index contributed by atoms with van der Waals surface area (Å²) < 4.78 is 20.9. The Morgan fingerprint density at radius 1 is 0.657 bits per heavy atom. The third-order valence-corrected chi connectivity index (χ3v) is 7.62. The van der Waals surface area contributed by atoms with Gasteiger partial charge in [-0.2, -0.15) is 0 Å². The number of hydrogen-bond donors (Lipinski definition) is 0. The van der Waals surface area contributed by atoms with Gasteiger partial charge in [0.15, 0.2) is 0 Å². The van der Waals surface area contributed by atoms with E-state index in [-0.39, 0.29) is 5.92 Å². The smallest absolute Gasteiger partial charge is 0.285 e. The molecule has 0 aliphatic heterocycles. The molecule has 35 heavy (non-hydrogen) atoms. The van der Waals surface area contributed by atoms with Crippen LogP contribution in [0.25, 0.3) is 0 Å². The van der Waals surface area contributed by atoms with E-state index in [2.05, 4.69) is 74.6 Å². The molecule has 1 aromatic rings. The molecule has 1 rings (SSSR count). The number of ether oxygens (including phenoxy) is 3. The normalized spacial score (nSPS) is 12.8. The Bertz CT molecular complexity index is 580. The molecule has 0 aliphatic rings. The lowest BCUT2D eigenvalue weighted by atomic mass is 9.90. The van der Waals surface area contributed by atoms with Gasteiger partial charge in [-0.25, -0.2) is 0 Å². The van der Waals surface area contributed by atoms with E-state index in [1.54, 1.807) is 0 Å². The molecule has 1 atom stereocenters. The van der Waals surface area contributed by atoms with Gasteiger partial charge in [-0.1, -0.05) is 132 Å². The summed E-state index contributed by atoms with van der Waals surface area (Å²) in [6.07, 6.45) is 17.5. The number of alkyl halides is 1. The fraction of sp³-hybridized carbons (Fsp3) is 0.806. The highest BCUT2D eigenvalue weighted by atomic mass is 127. The van der Waals surface area contributed by atoms with Crippen molar-refractivity contribution >= 4 is 22.6 Å². The maximum absolute atomic E-state index is 6.61. The molecule has 1 unspecified atom stereocenters. The molecular formula is C31H55IO3. The topological polar surface area (TPSA) is 27.7 Å². The summed E-state index contributed by atoms with van der Waals surface area (Å²) in [4.78, 5) is 0. The van der Waals surface area contributed by atoms with Crippen molar-refractivity contribution in [2.24, 2.45) is 5.92 Å². The van der Waals surface area contributed by atoms with Gasteiger partial charge in [0.2, 0.25) is 0 Å². The summed E-state index contributed by atoms with van der Waals surface area (Å²) in [5.41, 5.74) is 2.82. The van der Waals surface area contributed by atoms with Crippen LogP contribution in [0.1, 0.15) is 129 Å². The van der Waals surface area contributed by atoms with Crippen LogP contribution in [0.15, 0.2) is 24.3 Å².